The number of nitrogens with one attached hydrogen (secondary N) is 3. The molecule has 1 aromatic carbocycles. The highest BCUT2D eigenvalue weighted by molar-refractivity contribution is 9.10. The molecule has 0 spiro atoms. The molecule has 6 nitrogen and oxygen atoms in total. The van der Waals surface area contributed by atoms with Crippen LogP contribution in [0.4, 0.5) is 5.69 Å². The normalized spacial score (nSPS) is 16.9. The Labute approximate surface area is 123 Å². The maximum atomic E-state index is 12.3. The Hall–Kier alpha value is -1.60. The highest BCUT2D eigenvalue weighted by atomic mass is 79.9. The fourth-order valence-electron chi connectivity index (χ4n) is 2.53. The molecule has 1 fully saturated rings. The predicted molar refractivity (Wildman–Crippen MR) is 80.6 cm³/mol. The Kier molecular flexibility index (Phi) is 3.18. The van der Waals surface area contributed by atoms with Crippen LogP contribution in [-0.2, 0) is 4.79 Å². The Morgan fingerprint density at radius 2 is 2.00 bits per heavy atom. The number of benzene rings is 1. The fraction of sp³-hybridized carbons (Fsp3) is 0.385. The monoisotopic (exact) mass is 338 g/mol. The third kappa shape index (κ3) is 2.06. The summed E-state index contributed by atoms with van der Waals surface area (Å²) in [6.45, 7) is 0.361. The number of fused-ring (bicyclic) bond motifs is 1. The summed E-state index contributed by atoms with van der Waals surface area (Å²) in [5.41, 5.74) is 7.01. The first kappa shape index (κ1) is 13.4. The number of imidazole rings is 1. The molecule has 0 radical (unpaired) electrons. The quantitative estimate of drug-likeness (QED) is 0.684. The predicted octanol–water partition coefficient (Wildman–Crippen LogP) is 1.69. The van der Waals surface area contributed by atoms with Gasteiger partial charge in [-0.3, -0.25) is 4.79 Å². The van der Waals surface area contributed by atoms with Crippen molar-refractivity contribution in [1.29, 1.82) is 0 Å². The molecule has 5 N–H and O–H groups in total. The largest absolute Gasteiger partial charge is 0.329 e. The van der Waals surface area contributed by atoms with E-state index < -0.39 is 5.41 Å². The Morgan fingerprint density at radius 1 is 1.35 bits per heavy atom. The van der Waals surface area contributed by atoms with Gasteiger partial charge in [0.2, 0.25) is 5.91 Å². The summed E-state index contributed by atoms with van der Waals surface area (Å²) in [7, 11) is 0. The van der Waals surface area contributed by atoms with Crippen LogP contribution in [0.25, 0.3) is 11.0 Å². The summed E-state index contributed by atoms with van der Waals surface area (Å²) >= 11 is 3.40. The van der Waals surface area contributed by atoms with Crippen LogP contribution in [0.2, 0.25) is 0 Å². The molecular formula is C13H15BrN4O2. The van der Waals surface area contributed by atoms with E-state index in [4.69, 9.17) is 5.73 Å². The van der Waals surface area contributed by atoms with Gasteiger partial charge in [0.1, 0.15) is 0 Å². The second-order valence-electron chi connectivity index (χ2n) is 5.25. The average Bonchev–Trinajstić information content (AvgIpc) is 2.68. The minimum Gasteiger partial charge on any atom is -0.329 e. The molecule has 0 bridgehead atoms. The van der Waals surface area contributed by atoms with Crippen molar-refractivity contribution in [1.82, 2.24) is 9.97 Å². The van der Waals surface area contributed by atoms with Gasteiger partial charge in [-0.25, -0.2) is 4.79 Å². The van der Waals surface area contributed by atoms with Gasteiger partial charge < -0.3 is 21.0 Å². The maximum absolute atomic E-state index is 12.3. The molecule has 7 heteroatoms. The molecule has 20 heavy (non-hydrogen) atoms. The first-order valence-corrected chi connectivity index (χ1v) is 7.26. The molecule has 0 atom stereocenters. The van der Waals surface area contributed by atoms with E-state index in [1.54, 1.807) is 12.1 Å². The minimum absolute atomic E-state index is 0.0517. The number of hydrogen-bond donors (Lipinski definition) is 4. The van der Waals surface area contributed by atoms with Crippen molar-refractivity contribution in [3.8, 4) is 0 Å². The number of carbonyl (C=O) groups excluding carboxylic acids is 1. The minimum atomic E-state index is -0.431. The molecule has 1 saturated carbocycles. The summed E-state index contributed by atoms with van der Waals surface area (Å²) in [6, 6.07) is 3.50. The van der Waals surface area contributed by atoms with Crippen LogP contribution in [0, 0.1) is 5.41 Å². The first-order valence-electron chi connectivity index (χ1n) is 6.47. The molecule has 0 saturated heterocycles. The summed E-state index contributed by atoms with van der Waals surface area (Å²) < 4.78 is 0.722. The summed E-state index contributed by atoms with van der Waals surface area (Å²) in [5, 5.41) is 2.90. The second-order valence-corrected chi connectivity index (χ2v) is 6.10. The van der Waals surface area contributed by atoms with E-state index in [0.29, 0.717) is 23.3 Å². The van der Waals surface area contributed by atoms with Crippen molar-refractivity contribution in [2.24, 2.45) is 11.1 Å². The van der Waals surface area contributed by atoms with Crippen LogP contribution in [0.5, 0.6) is 0 Å². The smallest absolute Gasteiger partial charge is 0.323 e. The van der Waals surface area contributed by atoms with E-state index in [1.165, 1.54) is 0 Å². The molecule has 1 heterocycles. The van der Waals surface area contributed by atoms with E-state index in [2.05, 4.69) is 31.2 Å². The third-order valence-electron chi connectivity index (χ3n) is 4.03. The van der Waals surface area contributed by atoms with Crippen molar-refractivity contribution < 1.29 is 4.79 Å². The molecule has 106 valence electrons. The van der Waals surface area contributed by atoms with Gasteiger partial charge in [-0.1, -0.05) is 6.42 Å². The Bertz CT molecular complexity index is 724. The number of anilines is 1. The van der Waals surface area contributed by atoms with Gasteiger partial charge in [-0.05, 0) is 40.9 Å². The lowest BCUT2D eigenvalue weighted by Crippen LogP contribution is -2.47. The summed E-state index contributed by atoms with van der Waals surface area (Å²) in [5.74, 6) is -0.0517. The molecule has 1 aromatic heterocycles. The zero-order chi connectivity index (χ0) is 14.3. The fourth-order valence-corrected chi connectivity index (χ4v) is 2.98. The molecule has 1 aliphatic carbocycles. The van der Waals surface area contributed by atoms with Gasteiger partial charge in [0.25, 0.3) is 0 Å². The molecule has 1 aliphatic rings. The number of aromatic amines is 2. The second kappa shape index (κ2) is 4.75. The van der Waals surface area contributed by atoms with E-state index in [1.807, 2.05) is 0 Å². The molecule has 0 unspecified atom stereocenters. The lowest BCUT2D eigenvalue weighted by atomic mass is 9.68. The highest BCUT2D eigenvalue weighted by Crippen LogP contribution is 2.41. The number of nitrogens with two attached hydrogens (primary N) is 1. The number of halogens is 1. The van der Waals surface area contributed by atoms with Crippen LogP contribution in [0.15, 0.2) is 21.4 Å². The number of hydrogen-bond acceptors (Lipinski definition) is 3. The topological polar surface area (TPSA) is 104 Å². The van der Waals surface area contributed by atoms with Gasteiger partial charge in [-0.2, -0.15) is 0 Å². The van der Waals surface area contributed by atoms with Gasteiger partial charge >= 0.3 is 5.69 Å². The highest BCUT2D eigenvalue weighted by Gasteiger charge is 2.42. The van der Waals surface area contributed by atoms with Crippen molar-refractivity contribution in [3.63, 3.8) is 0 Å². The van der Waals surface area contributed by atoms with Crippen LogP contribution in [0.1, 0.15) is 19.3 Å². The van der Waals surface area contributed by atoms with Gasteiger partial charge in [0, 0.05) is 11.0 Å². The van der Waals surface area contributed by atoms with Crippen molar-refractivity contribution in [2.45, 2.75) is 19.3 Å². The number of amides is 1. The number of carbonyl (C=O) groups is 1. The lowest BCUT2D eigenvalue weighted by molar-refractivity contribution is -0.129. The Morgan fingerprint density at radius 3 is 2.55 bits per heavy atom. The number of H-pyrrole nitrogens is 2. The van der Waals surface area contributed by atoms with Crippen molar-refractivity contribution >= 4 is 38.6 Å². The van der Waals surface area contributed by atoms with Crippen LogP contribution in [-0.4, -0.2) is 22.4 Å². The molecule has 3 rings (SSSR count). The van der Waals surface area contributed by atoms with Crippen LogP contribution < -0.4 is 16.7 Å². The van der Waals surface area contributed by atoms with Gasteiger partial charge in [0.05, 0.1) is 22.1 Å². The molecular weight excluding hydrogens is 324 g/mol. The molecule has 2 aromatic rings. The van der Waals surface area contributed by atoms with E-state index in [0.717, 1.165) is 23.7 Å². The summed E-state index contributed by atoms with van der Waals surface area (Å²) in [4.78, 5) is 29.0. The van der Waals surface area contributed by atoms with Gasteiger partial charge in [0.15, 0.2) is 0 Å². The van der Waals surface area contributed by atoms with Gasteiger partial charge in [-0.15, -0.1) is 0 Å². The van der Waals surface area contributed by atoms with E-state index in [-0.39, 0.29) is 11.6 Å². The maximum Gasteiger partial charge on any atom is 0.323 e. The SMILES string of the molecule is NCC1(C(=O)Nc2cc3[nH]c(=O)[nH]c3cc2Br)CCC1. The zero-order valence-corrected chi connectivity index (χ0v) is 12.3. The van der Waals surface area contributed by atoms with Crippen LogP contribution >= 0.6 is 15.9 Å². The standard InChI is InChI=1S/C13H15BrN4O2/c14-7-4-9-10(18-12(20)17-9)5-8(7)16-11(19)13(6-15)2-1-3-13/h4-5H,1-3,6,15H2,(H,16,19)(H2,17,18,20). The lowest BCUT2D eigenvalue weighted by Gasteiger charge is -2.39. The van der Waals surface area contributed by atoms with E-state index in [9.17, 15) is 9.59 Å². The Balaban J connectivity index is 1.92. The van der Waals surface area contributed by atoms with Crippen LogP contribution in [0.3, 0.4) is 0 Å². The average molecular weight is 339 g/mol. The molecule has 1 amide bonds. The summed E-state index contributed by atoms with van der Waals surface area (Å²) in [6.07, 6.45) is 2.70. The molecule has 0 aliphatic heterocycles. The number of rotatable bonds is 3. The first-order chi connectivity index (χ1) is 9.54. The number of aromatic nitrogens is 2. The zero-order valence-electron chi connectivity index (χ0n) is 10.8. The van der Waals surface area contributed by atoms with Crippen molar-refractivity contribution in [2.75, 3.05) is 11.9 Å². The third-order valence-corrected chi connectivity index (χ3v) is 4.69. The van der Waals surface area contributed by atoms with E-state index >= 15 is 0 Å². The van der Waals surface area contributed by atoms with Crippen molar-refractivity contribution in [3.05, 3.63) is 27.1 Å².